The fraction of sp³-hybridized carbons (Fsp3) is 0.400. The summed E-state index contributed by atoms with van der Waals surface area (Å²) in [6.45, 7) is 4.72. The summed E-state index contributed by atoms with van der Waals surface area (Å²) in [6, 6.07) is 8.27. The summed E-state index contributed by atoms with van der Waals surface area (Å²) in [5, 5.41) is 4.29. The maximum Gasteiger partial charge on any atom is 0.243 e. The number of benzene rings is 1. The van der Waals surface area contributed by atoms with Gasteiger partial charge < -0.3 is 4.52 Å². The molecule has 8 heteroatoms. The predicted octanol–water partition coefficient (Wildman–Crippen LogP) is 2.14. The third kappa shape index (κ3) is 3.74. The molecule has 0 N–H and O–H groups in total. The van der Waals surface area contributed by atoms with Crippen molar-refractivity contribution in [1.82, 2.24) is 14.4 Å². The molecule has 0 aliphatic carbocycles. The average molecular weight is 356 g/mol. The third-order valence-corrected chi connectivity index (χ3v) is 5.95. The van der Waals surface area contributed by atoms with Gasteiger partial charge in [-0.15, -0.1) is 0 Å². The lowest BCUT2D eigenvalue weighted by Gasteiger charge is -2.33. The van der Waals surface area contributed by atoms with Crippen LogP contribution in [0.4, 0.5) is 0 Å². The van der Waals surface area contributed by atoms with Gasteiger partial charge in [-0.2, -0.15) is 4.31 Å². The minimum absolute atomic E-state index is 0.240. The van der Waals surface area contributed by atoms with E-state index in [0.717, 1.165) is 11.5 Å². The molecule has 1 aromatic carbocycles. The van der Waals surface area contributed by atoms with E-state index in [1.807, 2.05) is 13.0 Å². The van der Waals surface area contributed by atoms with Crippen LogP contribution in [0.25, 0.3) is 0 Å². The highest BCUT2D eigenvalue weighted by molar-refractivity contribution is 7.89. The Hall–Kier alpha value is -1.41. The highest BCUT2D eigenvalue weighted by Gasteiger charge is 2.28. The Morgan fingerprint density at radius 2 is 1.96 bits per heavy atom. The SMILES string of the molecule is Cc1cc(CN2CCN(S(=O)(=O)c3cccc(Cl)c3)CC2)on1. The van der Waals surface area contributed by atoms with Gasteiger partial charge in [0.05, 0.1) is 17.1 Å². The van der Waals surface area contributed by atoms with E-state index >= 15 is 0 Å². The van der Waals surface area contributed by atoms with Crippen molar-refractivity contribution in [2.24, 2.45) is 0 Å². The summed E-state index contributed by atoms with van der Waals surface area (Å²) < 4.78 is 32.0. The maximum atomic E-state index is 12.6. The molecule has 0 saturated carbocycles. The van der Waals surface area contributed by atoms with Crippen LogP contribution in [0.15, 0.2) is 39.8 Å². The van der Waals surface area contributed by atoms with Crippen LogP contribution in [0.1, 0.15) is 11.5 Å². The topological polar surface area (TPSA) is 66.7 Å². The van der Waals surface area contributed by atoms with E-state index in [0.29, 0.717) is 37.7 Å². The van der Waals surface area contributed by atoms with Crippen LogP contribution in [0.5, 0.6) is 0 Å². The third-order valence-electron chi connectivity index (χ3n) is 3.82. The Kier molecular flexibility index (Phi) is 4.72. The van der Waals surface area contributed by atoms with E-state index in [-0.39, 0.29) is 4.90 Å². The van der Waals surface area contributed by atoms with E-state index in [4.69, 9.17) is 16.1 Å². The van der Waals surface area contributed by atoms with Crippen molar-refractivity contribution in [3.8, 4) is 0 Å². The second-order valence-corrected chi connectivity index (χ2v) is 7.95. The smallest absolute Gasteiger partial charge is 0.243 e. The number of nitrogens with zero attached hydrogens (tertiary/aromatic N) is 3. The van der Waals surface area contributed by atoms with E-state index in [1.165, 1.54) is 10.4 Å². The van der Waals surface area contributed by atoms with Crippen molar-refractivity contribution >= 4 is 21.6 Å². The van der Waals surface area contributed by atoms with Gasteiger partial charge in [0.1, 0.15) is 0 Å². The predicted molar refractivity (Wildman–Crippen MR) is 86.7 cm³/mol. The van der Waals surface area contributed by atoms with E-state index in [2.05, 4.69) is 10.1 Å². The lowest BCUT2D eigenvalue weighted by molar-refractivity contribution is 0.166. The van der Waals surface area contributed by atoms with Crippen LogP contribution < -0.4 is 0 Å². The standard InChI is InChI=1S/C15H18ClN3O3S/c1-12-9-14(22-17-12)11-18-5-7-19(8-6-18)23(20,21)15-4-2-3-13(16)10-15/h2-4,9-10H,5-8,11H2,1H3. The van der Waals surface area contributed by atoms with Crippen LogP contribution in [0, 0.1) is 6.92 Å². The molecule has 1 aliphatic heterocycles. The van der Waals surface area contributed by atoms with Gasteiger partial charge in [-0.05, 0) is 25.1 Å². The molecular formula is C15H18ClN3O3S. The molecule has 3 rings (SSSR count). The quantitative estimate of drug-likeness (QED) is 0.840. The van der Waals surface area contributed by atoms with Crippen LogP contribution in [0.2, 0.25) is 5.02 Å². The first-order valence-corrected chi connectivity index (χ1v) is 9.17. The summed E-state index contributed by atoms with van der Waals surface area (Å²) in [4.78, 5) is 2.40. The van der Waals surface area contributed by atoms with Gasteiger partial charge in [-0.1, -0.05) is 22.8 Å². The molecule has 0 radical (unpaired) electrons. The van der Waals surface area contributed by atoms with Gasteiger partial charge in [0, 0.05) is 37.3 Å². The van der Waals surface area contributed by atoms with Gasteiger partial charge in [-0.25, -0.2) is 8.42 Å². The molecule has 1 aliphatic rings. The fourth-order valence-corrected chi connectivity index (χ4v) is 4.34. The number of piperazine rings is 1. The molecule has 124 valence electrons. The highest BCUT2D eigenvalue weighted by atomic mass is 35.5. The van der Waals surface area contributed by atoms with Crippen LogP contribution >= 0.6 is 11.6 Å². The second-order valence-electron chi connectivity index (χ2n) is 5.57. The molecule has 0 unspecified atom stereocenters. The van der Waals surface area contributed by atoms with Gasteiger partial charge in [0.2, 0.25) is 10.0 Å². The lowest BCUT2D eigenvalue weighted by Crippen LogP contribution is -2.48. The number of aromatic nitrogens is 1. The number of hydrogen-bond acceptors (Lipinski definition) is 5. The molecule has 0 amide bonds. The van der Waals surface area contributed by atoms with Crippen LogP contribution in [-0.4, -0.2) is 49.0 Å². The first kappa shape index (κ1) is 16.4. The zero-order valence-electron chi connectivity index (χ0n) is 12.8. The summed E-state index contributed by atoms with van der Waals surface area (Å²) in [5.41, 5.74) is 0.849. The number of halogens is 1. The van der Waals surface area contributed by atoms with E-state index in [1.54, 1.807) is 18.2 Å². The van der Waals surface area contributed by atoms with Crippen LogP contribution in [-0.2, 0) is 16.6 Å². The van der Waals surface area contributed by atoms with Gasteiger partial charge in [-0.3, -0.25) is 4.90 Å². The van der Waals surface area contributed by atoms with Gasteiger partial charge in [0.15, 0.2) is 5.76 Å². The van der Waals surface area contributed by atoms with Crippen molar-refractivity contribution in [2.75, 3.05) is 26.2 Å². The number of aryl methyl sites for hydroxylation is 1. The number of sulfonamides is 1. The molecule has 1 fully saturated rings. The van der Waals surface area contributed by atoms with Crippen molar-refractivity contribution in [3.63, 3.8) is 0 Å². The molecule has 23 heavy (non-hydrogen) atoms. The Morgan fingerprint density at radius 3 is 2.57 bits per heavy atom. The molecule has 2 heterocycles. The fourth-order valence-electron chi connectivity index (χ4n) is 2.62. The highest BCUT2D eigenvalue weighted by Crippen LogP contribution is 2.21. The Balaban J connectivity index is 1.64. The molecule has 0 bridgehead atoms. The molecule has 1 saturated heterocycles. The minimum atomic E-state index is -3.49. The number of hydrogen-bond donors (Lipinski definition) is 0. The van der Waals surface area contributed by atoms with E-state index < -0.39 is 10.0 Å². The first-order chi connectivity index (χ1) is 10.9. The Morgan fingerprint density at radius 1 is 1.22 bits per heavy atom. The summed E-state index contributed by atoms with van der Waals surface area (Å²) >= 11 is 5.90. The van der Waals surface area contributed by atoms with Crippen molar-refractivity contribution < 1.29 is 12.9 Å². The number of rotatable bonds is 4. The molecule has 2 aromatic rings. The first-order valence-electron chi connectivity index (χ1n) is 7.35. The van der Waals surface area contributed by atoms with Gasteiger partial charge >= 0.3 is 0 Å². The zero-order chi connectivity index (χ0) is 16.4. The summed E-state index contributed by atoms with van der Waals surface area (Å²) in [7, 11) is -3.49. The zero-order valence-corrected chi connectivity index (χ0v) is 14.3. The van der Waals surface area contributed by atoms with E-state index in [9.17, 15) is 8.42 Å². The molecule has 0 atom stereocenters. The second kappa shape index (κ2) is 6.60. The average Bonchev–Trinajstić information content (AvgIpc) is 2.93. The van der Waals surface area contributed by atoms with Gasteiger partial charge in [0.25, 0.3) is 0 Å². The van der Waals surface area contributed by atoms with Crippen molar-refractivity contribution in [1.29, 1.82) is 0 Å². The molecule has 6 nitrogen and oxygen atoms in total. The molecule has 0 spiro atoms. The largest absolute Gasteiger partial charge is 0.360 e. The summed E-state index contributed by atoms with van der Waals surface area (Å²) in [6.07, 6.45) is 0. The monoisotopic (exact) mass is 355 g/mol. The lowest BCUT2D eigenvalue weighted by atomic mass is 10.3. The van der Waals surface area contributed by atoms with Crippen molar-refractivity contribution in [3.05, 3.63) is 46.8 Å². The normalized spacial score (nSPS) is 17.5. The molecule has 1 aromatic heterocycles. The Bertz CT molecular complexity index is 783. The summed E-state index contributed by atoms with van der Waals surface area (Å²) in [5.74, 6) is 0.800. The van der Waals surface area contributed by atoms with Crippen LogP contribution in [0.3, 0.4) is 0 Å². The maximum absolute atomic E-state index is 12.6. The van der Waals surface area contributed by atoms with Crippen molar-refractivity contribution in [2.45, 2.75) is 18.4 Å². The minimum Gasteiger partial charge on any atom is -0.360 e. The Labute approximate surface area is 140 Å². The molecular weight excluding hydrogens is 338 g/mol.